The number of aromatic nitrogens is 6. The summed E-state index contributed by atoms with van der Waals surface area (Å²) in [5.74, 6) is -6.75. The number of aryl methyl sites for hydroxylation is 2. The molecule has 8 aromatic rings. The second-order valence-corrected chi connectivity index (χ2v) is 28.0. The molecule has 0 saturated carbocycles. The highest BCUT2D eigenvalue weighted by molar-refractivity contribution is 5.97. The van der Waals surface area contributed by atoms with Gasteiger partial charge in [-0.25, -0.2) is 19.0 Å². The molecule has 14 rings (SSSR count). The highest BCUT2D eigenvalue weighted by Crippen LogP contribution is 2.38. The van der Waals surface area contributed by atoms with Crippen molar-refractivity contribution in [3.63, 3.8) is 0 Å². The Labute approximate surface area is 626 Å². The van der Waals surface area contributed by atoms with Gasteiger partial charge in [-0.3, -0.25) is 33.6 Å². The maximum atomic E-state index is 15.4. The Morgan fingerprint density at radius 1 is 0.519 bits per heavy atom. The Bertz CT molecular complexity index is 4380. The Hall–Kier alpha value is -11.7. The molecule has 28 nitrogen and oxygen atoms in total. The van der Waals surface area contributed by atoms with Crippen LogP contribution in [0.4, 0.5) is 0 Å². The molecule has 28 heteroatoms. The van der Waals surface area contributed by atoms with Crippen LogP contribution in [0.15, 0.2) is 182 Å². The minimum Gasteiger partial charge on any atom is -0.487 e. The fourth-order valence-corrected chi connectivity index (χ4v) is 14.1. The quantitative estimate of drug-likeness (QED) is 0.0507. The van der Waals surface area contributed by atoms with Crippen molar-refractivity contribution in [2.75, 3.05) is 27.2 Å². The molecule has 6 aliphatic rings. The molecule has 0 spiro atoms. The number of likely N-dealkylation sites (N-methyl/N-ethyl adjacent to an activating group) is 2. The first-order valence-corrected chi connectivity index (χ1v) is 36.5. The van der Waals surface area contributed by atoms with Crippen molar-refractivity contribution < 1.29 is 62.8 Å². The Morgan fingerprint density at radius 2 is 0.944 bits per heavy atom. The van der Waals surface area contributed by atoms with Gasteiger partial charge in [-0.2, -0.15) is 0 Å². The van der Waals surface area contributed by atoms with Crippen molar-refractivity contribution in [3.8, 4) is 11.5 Å². The summed E-state index contributed by atoms with van der Waals surface area (Å²) in [6.07, 6.45) is 4.84. The smallest absolute Gasteiger partial charge is 0.326 e. The van der Waals surface area contributed by atoms with E-state index in [9.17, 15) is 39.0 Å². The van der Waals surface area contributed by atoms with Crippen molar-refractivity contribution in [2.24, 2.45) is 11.8 Å². The zero-order valence-corrected chi connectivity index (χ0v) is 61.0. The third-order valence-electron chi connectivity index (χ3n) is 20.6. The third kappa shape index (κ3) is 20.1. The molecular weight excluding hydrogens is 1380 g/mol. The molecule has 8 heterocycles. The van der Waals surface area contributed by atoms with Crippen LogP contribution < -0.4 is 46.7 Å². The summed E-state index contributed by atoms with van der Waals surface area (Å²) < 4.78 is 15.6. The average molecular weight is 1470 g/mol. The summed E-state index contributed by atoms with van der Waals surface area (Å²) in [5, 5.41) is 59.5. The zero-order valence-electron chi connectivity index (χ0n) is 61.0. The van der Waals surface area contributed by atoms with Crippen LogP contribution in [0.1, 0.15) is 122 Å². The lowest BCUT2D eigenvalue weighted by Gasteiger charge is -2.34. The molecule has 6 aliphatic heterocycles. The fraction of sp³-hybridized carbons (Fsp3) is 0.388. The standard InChI is InChI=1S/C80H93N15O13/c1-49-38-58(32-26-52-18-10-6-11-19-52)74(98)84-66(79(103)104)39-54-27-33-63(34-28-54)108-48-60-44-95(91-89-60)62-42-69(93(46-62)78(102)71(57-24-16-9-17-25-57)87-73(97)51(3)82-5)76(100)83-65(37-31-53-20-12-7-13-21-53)75(99)85-67(80(105)106)40-55-29-35-64(36-30-55)107-47-59-43-94(90-88-59)61-41-68(49)92(45-61)77(101)70(56-22-14-8-15-23-56)86-72(96)50(2)81-4/h6-25,27-30,33-36,43-44,49-51,58,61-62,65-71,81-82H,26,31-32,37-42,45-48H2,1-5H3,(H,83,100)(H,84,98)(H,85,99)(H,86,96)(H,87,97)(H,103,104)(H,105,106)/t49?,50-,51-,58+,61-,62+,65-,66-,67-,68-,69-,70-,71-/m0/s1. The number of carbonyl (C=O) groups is 9. The van der Waals surface area contributed by atoms with Crippen LogP contribution >= 0.6 is 0 Å². The topological polar surface area (TPSA) is 365 Å². The van der Waals surface area contributed by atoms with E-state index in [1.54, 1.807) is 153 Å². The van der Waals surface area contributed by atoms with Gasteiger partial charge in [0.05, 0.1) is 36.6 Å². The number of hydrogen-bond donors (Lipinski definition) is 9. The van der Waals surface area contributed by atoms with Gasteiger partial charge in [-0.1, -0.05) is 163 Å². The van der Waals surface area contributed by atoms with E-state index >= 15 is 14.4 Å². The van der Waals surface area contributed by atoms with Crippen molar-refractivity contribution in [1.29, 1.82) is 0 Å². The van der Waals surface area contributed by atoms with Gasteiger partial charge in [0.25, 0.3) is 5.91 Å². The molecule has 0 radical (unpaired) electrons. The molecule has 6 aromatic carbocycles. The van der Waals surface area contributed by atoms with E-state index in [0.29, 0.717) is 70.8 Å². The normalized spacial score (nSPS) is 22.1. The molecule has 7 amide bonds. The summed E-state index contributed by atoms with van der Waals surface area (Å²) in [6, 6.07) is 39.1. The van der Waals surface area contributed by atoms with Crippen LogP contribution in [0, 0.1) is 11.8 Å². The number of rotatable bonds is 18. The van der Waals surface area contributed by atoms with Crippen LogP contribution in [0.2, 0.25) is 0 Å². The lowest BCUT2D eigenvalue weighted by molar-refractivity contribution is -0.143. The first kappa shape index (κ1) is 77.4. The van der Waals surface area contributed by atoms with Crippen LogP contribution in [-0.2, 0) is 82.0 Å². The Kier molecular flexibility index (Phi) is 26.2. The van der Waals surface area contributed by atoms with E-state index in [0.717, 1.165) is 11.1 Å². The number of likely N-dealkylation sites (tertiary alicyclic amines) is 2. The Morgan fingerprint density at radius 3 is 1.41 bits per heavy atom. The summed E-state index contributed by atoms with van der Waals surface area (Å²) in [6.45, 7) is 5.22. The number of aliphatic carboxylic acids is 2. The Balaban J connectivity index is 0.904. The molecule has 13 atom stereocenters. The highest BCUT2D eigenvalue weighted by Gasteiger charge is 2.47. The summed E-state index contributed by atoms with van der Waals surface area (Å²) in [7, 11) is 3.26. The van der Waals surface area contributed by atoms with Gasteiger partial charge >= 0.3 is 11.9 Å². The molecule has 12 bridgehead atoms. The molecule has 2 saturated heterocycles. The lowest BCUT2D eigenvalue weighted by atomic mass is 9.84. The maximum Gasteiger partial charge on any atom is 0.326 e. The lowest BCUT2D eigenvalue weighted by Crippen LogP contribution is -2.56. The fourth-order valence-electron chi connectivity index (χ4n) is 14.1. The number of nitrogens with one attached hydrogen (secondary N) is 7. The molecular formula is C80H93N15O13. The predicted octanol–water partition coefficient (Wildman–Crippen LogP) is 5.57. The van der Waals surface area contributed by atoms with E-state index in [1.165, 1.54) is 9.58 Å². The van der Waals surface area contributed by atoms with Crippen LogP contribution in [0.25, 0.3) is 0 Å². The number of amides is 7. The zero-order chi connectivity index (χ0) is 76.4. The highest BCUT2D eigenvalue weighted by atomic mass is 16.5. The van der Waals surface area contributed by atoms with Gasteiger partial charge < -0.3 is 66.7 Å². The minimum absolute atomic E-state index is 0.0282. The van der Waals surface area contributed by atoms with E-state index < -0.39 is 120 Å². The maximum absolute atomic E-state index is 15.4. The predicted molar refractivity (Wildman–Crippen MR) is 397 cm³/mol. The molecule has 0 aliphatic carbocycles. The first-order valence-electron chi connectivity index (χ1n) is 36.5. The molecule has 9 N–H and O–H groups in total. The van der Waals surface area contributed by atoms with Crippen molar-refractivity contribution in [3.05, 3.63) is 227 Å². The van der Waals surface area contributed by atoms with Crippen molar-refractivity contribution in [2.45, 2.75) is 158 Å². The number of carbonyl (C=O) groups excluding carboxylic acids is 7. The van der Waals surface area contributed by atoms with Gasteiger partial charge in [-0.15, -0.1) is 10.2 Å². The number of ether oxygens (including phenoxy) is 2. The van der Waals surface area contributed by atoms with Gasteiger partial charge in [-0.05, 0) is 130 Å². The molecule has 2 aromatic heterocycles. The number of nitrogens with zero attached hydrogens (tertiary/aromatic N) is 8. The molecule has 1 unspecified atom stereocenters. The average Bonchev–Trinajstić information content (AvgIpc) is 1.63. The molecule has 2 fully saturated rings. The SMILES string of the molecule is CN[C@@H](C)C(=O)N[C@H](C(=O)N1C[C@H]2C[C@H]1C(=O)N[C@@H](CCc1ccccc1)C(=O)N[C@H](C(=O)O)Cc1ccc(cc1)OCc1cn(nn1)[C@H]1C[C@@H](C(C)C[C@@H](CCc3ccccc3)C(=O)N[C@H](C(=O)O)Cc3ccc(cc3)OCc3cn2nn3)N(C(=O)[C@@H](NC(=O)[C@H](C)NC)c2ccccc2)C1)c1ccccc1. The van der Waals surface area contributed by atoms with Crippen molar-refractivity contribution >= 4 is 53.3 Å². The number of carboxylic acid groups (broad SMARTS) is 2. The number of benzene rings is 6. The minimum atomic E-state index is -1.48. The van der Waals surface area contributed by atoms with Crippen LogP contribution in [0.3, 0.4) is 0 Å². The van der Waals surface area contributed by atoms with E-state index in [-0.39, 0.29) is 70.2 Å². The number of carboxylic acids is 2. The van der Waals surface area contributed by atoms with Crippen molar-refractivity contribution in [1.82, 2.24) is 77.0 Å². The largest absolute Gasteiger partial charge is 0.487 e. The summed E-state index contributed by atoms with van der Waals surface area (Å²) in [4.78, 5) is 132. The van der Waals surface area contributed by atoms with E-state index in [2.05, 4.69) is 57.8 Å². The van der Waals surface area contributed by atoms with Crippen LogP contribution in [-0.4, -0.2) is 173 Å². The molecule has 566 valence electrons. The monoisotopic (exact) mass is 1470 g/mol. The van der Waals surface area contributed by atoms with Gasteiger partial charge in [0.15, 0.2) is 0 Å². The van der Waals surface area contributed by atoms with Gasteiger partial charge in [0.2, 0.25) is 35.4 Å². The van der Waals surface area contributed by atoms with Gasteiger partial charge in [0.1, 0.15) is 72.4 Å². The van der Waals surface area contributed by atoms with Gasteiger partial charge in [0, 0.05) is 44.3 Å². The summed E-state index contributed by atoms with van der Waals surface area (Å²) >= 11 is 0. The first-order chi connectivity index (χ1) is 52.2. The van der Waals surface area contributed by atoms with E-state index in [4.69, 9.17) is 9.47 Å². The van der Waals surface area contributed by atoms with Crippen LogP contribution in [0.5, 0.6) is 11.5 Å². The second kappa shape index (κ2) is 36.6. The number of hydrogen-bond acceptors (Lipinski definition) is 17. The van der Waals surface area contributed by atoms with E-state index in [1.807, 2.05) is 73.7 Å². The summed E-state index contributed by atoms with van der Waals surface area (Å²) in [5.41, 5.74) is 4.75. The third-order valence-corrected chi connectivity index (χ3v) is 20.6. The second-order valence-electron chi connectivity index (χ2n) is 28.0. The molecule has 108 heavy (non-hydrogen) atoms.